The third-order valence-electron chi connectivity index (χ3n) is 6.47. The molecular formula is C35H52N6. The maximum atomic E-state index is 9.78. The van der Waals surface area contributed by atoms with E-state index in [9.17, 15) is 5.26 Å². The molecule has 0 heterocycles. The summed E-state index contributed by atoms with van der Waals surface area (Å²) >= 11 is 0. The van der Waals surface area contributed by atoms with Gasteiger partial charge in [-0.1, -0.05) is 69.7 Å². The molecule has 0 bridgehead atoms. The minimum atomic E-state index is -0.134. The summed E-state index contributed by atoms with van der Waals surface area (Å²) < 4.78 is 0. The van der Waals surface area contributed by atoms with E-state index in [0.717, 1.165) is 78.4 Å². The zero-order chi connectivity index (χ0) is 30.5. The van der Waals surface area contributed by atoms with Crippen LogP contribution in [0.5, 0.6) is 0 Å². The van der Waals surface area contributed by atoms with Crippen molar-refractivity contribution in [1.82, 2.24) is 10.6 Å². The highest BCUT2D eigenvalue weighted by atomic mass is 15.0. The molecule has 0 spiro atoms. The van der Waals surface area contributed by atoms with Crippen molar-refractivity contribution in [1.29, 1.82) is 5.26 Å². The largest absolute Gasteiger partial charge is 0.384 e. The van der Waals surface area contributed by atoms with Gasteiger partial charge in [-0.15, -0.1) is 0 Å². The summed E-state index contributed by atoms with van der Waals surface area (Å²) in [7, 11) is 0. The summed E-state index contributed by atoms with van der Waals surface area (Å²) in [5.41, 5.74) is 7.34. The molecular weight excluding hydrogens is 504 g/mol. The maximum absolute atomic E-state index is 9.78. The number of hydrogen-bond acceptors (Lipinski definition) is 5. The van der Waals surface area contributed by atoms with Crippen molar-refractivity contribution in [3.8, 4) is 6.07 Å². The quantitative estimate of drug-likeness (QED) is 0.0908. The number of amidine groups is 1. The van der Waals surface area contributed by atoms with Crippen molar-refractivity contribution < 1.29 is 0 Å². The lowest BCUT2D eigenvalue weighted by atomic mass is 10.0. The molecule has 0 amide bonds. The van der Waals surface area contributed by atoms with Crippen molar-refractivity contribution in [3.05, 3.63) is 83.1 Å². The third kappa shape index (κ3) is 12.9. The van der Waals surface area contributed by atoms with Crippen LogP contribution in [0.3, 0.4) is 0 Å². The van der Waals surface area contributed by atoms with Crippen LogP contribution < -0.4 is 16.0 Å². The van der Waals surface area contributed by atoms with Crippen LogP contribution in [0.1, 0.15) is 77.8 Å². The van der Waals surface area contributed by atoms with Crippen LogP contribution in [-0.4, -0.2) is 38.7 Å². The Bertz CT molecular complexity index is 1160. The number of aliphatic imine (C=N–C) groups is 2. The van der Waals surface area contributed by atoms with Crippen molar-refractivity contribution in [3.63, 3.8) is 0 Å². The number of nitriles is 1. The van der Waals surface area contributed by atoms with Crippen molar-refractivity contribution in [2.45, 2.75) is 73.6 Å². The number of hydrogen-bond donors (Lipinski definition) is 3. The summed E-state index contributed by atoms with van der Waals surface area (Å²) in [5, 5.41) is 20.5. The maximum Gasteiger partial charge on any atom is 0.128 e. The lowest BCUT2D eigenvalue weighted by Crippen LogP contribution is -2.26. The second-order valence-electron chi connectivity index (χ2n) is 10.1. The van der Waals surface area contributed by atoms with Gasteiger partial charge in [0, 0.05) is 37.4 Å². The molecule has 0 radical (unpaired) electrons. The number of aryl methyl sites for hydroxylation is 1. The van der Waals surface area contributed by atoms with Gasteiger partial charge in [-0.3, -0.25) is 9.98 Å². The van der Waals surface area contributed by atoms with Gasteiger partial charge in [0.2, 0.25) is 0 Å². The molecule has 3 N–H and O–H groups in total. The van der Waals surface area contributed by atoms with Gasteiger partial charge in [-0.05, 0) is 82.5 Å². The molecule has 0 fully saturated rings. The normalized spacial score (nSPS) is 13.6. The molecule has 222 valence electrons. The zero-order valence-corrected chi connectivity index (χ0v) is 26.3. The molecule has 1 aromatic carbocycles. The zero-order valence-electron chi connectivity index (χ0n) is 26.3. The van der Waals surface area contributed by atoms with Gasteiger partial charge in [0.15, 0.2) is 0 Å². The van der Waals surface area contributed by atoms with E-state index >= 15 is 0 Å². The molecule has 0 aliphatic rings. The van der Waals surface area contributed by atoms with Crippen molar-refractivity contribution in [2.75, 3.05) is 31.5 Å². The van der Waals surface area contributed by atoms with E-state index in [2.05, 4.69) is 92.3 Å². The number of rotatable bonds is 19. The standard InChI is InChI=1S/C35H52N6/c1-9-14-17-27(6)18-19-29(24-36)25-40-32(16-11-3)30(15-10-2)26-41-33-23-31(22-28(7)34(33)37-8)35(38-20-12-4)39-21-13-5/h9,11,14,16-18,22-23,29,40-41H,1,8,10,12-13,15,19-21,25-26H2,2-7H3,(H,38,39)/b16-11-,17-14-,27-18-,32-30-. The van der Waals surface area contributed by atoms with E-state index in [0.29, 0.717) is 19.5 Å². The molecule has 0 aliphatic heterocycles. The van der Waals surface area contributed by atoms with Gasteiger partial charge >= 0.3 is 0 Å². The summed E-state index contributed by atoms with van der Waals surface area (Å²) in [4.78, 5) is 9.17. The highest BCUT2D eigenvalue weighted by Crippen LogP contribution is 2.31. The third-order valence-corrected chi connectivity index (χ3v) is 6.47. The lowest BCUT2D eigenvalue weighted by Gasteiger charge is -2.20. The molecule has 6 nitrogen and oxygen atoms in total. The minimum absolute atomic E-state index is 0.134. The van der Waals surface area contributed by atoms with Gasteiger partial charge in [-0.25, -0.2) is 0 Å². The van der Waals surface area contributed by atoms with Crippen LogP contribution in [0.4, 0.5) is 11.4 Å². The van der Waals surface area contributed by atoms with Gasteiger partial charge in [0.25, 0.3) is 0 Å². The van der Waals surface area contributed by atoms with E-state index in [-0.39, 0.29) is 5.92 Å². The van der Waals surface area contributed by atoms with Gasteiger partial charge in [-0.2, -0.15) is 5.26 Å². The summed E-state index contributed by atoms with van der Waals surface area (Å²) in [5.74, 6) is 0.786. The molecule has 6 heteroatoms. The first-order valence-corrected chi connectivity index (χ1v) is 15.0. The highest BCUT2D eigenvalue weighted by molar-refractivity contribution is 6.00. The second-order valence-corrected chi connectivity index (χ2v) is 10.1. The topological polar surface area (TPSA) is 84.6 Å². The lowest BCUT2D eigenvalue weighted by molar-refractivity contribution is 0.618. The van der Waals surface area contributed by atoms with Crippen molar-refractivity contribution in [2.24, 2.45) is 15.9 Å². The molecule has 0 aliphatic carbocycles. The molecule has 0 saturated carbocycles. The first kappa shape index (κ1) is 35.2. The van der Waals surface area contributed by atoms with Crippen molar-refractivity contribution >= 4 is 23.9 Å². The number of benzene rings is 1. The van der Waals surface area contributed by atoms with Crippen LogP contribution in [-0.2, 0) is 0 Å². The Kier molecular flexibility index (Phi) is 18.0. The SMILES string of the molecule is C=C/C=C\C(C)=C/CC(C#N)CNC(/C=C\C)=C(/CCC)CNc1cc(C(=NCCC)NCCC)cc(C)c1N=C. The molecule has 1 unspecified atom stereocenters. The van der Waals surface area contributed by atoms with E-state index in [1.54, 1.807) is 6.08 Å². The number of nitrogens with one attached hydrogen (secondary N) is 3. The first-order chi connectivity index (χ1) is 19.9. The Labute approximate surface area is 249 Å². The fourth-order valence-corrected chi connectivity index (χ4v) is 4.30. The van der Waals surface area contributed by atoms with E-state index in [4.69, 9.17) is 4.99 Å². The molecule has 1 aromatic rings. The van der Waals surface area contributed by atoms with Crippen LogP contribution >= 0.6 is 0 Å². The van der Waals surface area contributed by atoms with Crippen LogP contribution in [0.25, 0.3) is 0 Å². The van der Waals surface area contributed by atoms with Gasteiger partial charge in [0.05, 0.1) is 23.4 Å². The monoisotopic (exact) mass is 556 g/mol. The highest BCUT2D eigenvalue weighted by Gasteiger charge is 2.13. The predicted molar refractivity (Wildman–Crippen MR) is 180 cm³/mol. The summed E-state index contributed by atoms with van der Waals surface area (Å²) in [6, 6.07) is 6.72. The molecule has 1 atom stereocenters. The Morgan fingerprint density at radius 2 is 1.90 bits per heavy atom. The van der Waals surface area contributed by atoms with Gasteiger partial charge < -0.3 is 16.0 Å². The summed E-state index contributed by atoms with van der Waals surface area (Å²) in [6.07, 6.45) is 16.6. The number of allylic oxidation sites excluding steroid dienone is 7. The van der Waals surface area contributed by atoms with E-state index < -0.39 is 0 Å². The number of anilines is 1. The van der Waals surface area contributed by atoms with E-state index in [1.165, 1.54) is 5.57 Å². The Morgan fingerprint density at radius 3 is 2.51 bits per heavy atom. The smallest absolute Gasteiger partial charge is 0.128 e. The Balaban J connectivity index is 3.29. The Morgan fingerprint density at radius 1 is 1.12 bits per heavy atom. The molecule has 41 heavy (non-hydrogen) atoms. The average Bonchev–Trinajstić information content (AvgIpc) is 2.97. The van der Waals surface area contributed by atoms with Gasteiger partial charge in [0.1, 0.15) is 5.84 Å². The Hall–Kier alpha value is -3.85. The molecule has 0 aromatic heterocycles. The first-order valence-electron chi connectivity index (χ1n) is 15.0. The number of nitrogens with zero attached hydrogens (tertiary/aromatic N) is 3. The second kappa shape index (κ2) is 21.0. The predicted octanol–water partition coefficient (Wildman–Crippen LogP) is 8.33. The van der Waals surface area contributed by atoms with Crippen LogP contribution in [0.15, 0.2) is 82.0 Å². The van der Waals surface area contributed by atoms with Crippen LogP contribution in [0, 0.1) is 24.2 Å². The minimum Gasteiger partial charge on any atom is -0.384 e. The average molecular weight is 557 g/mol. The molecule has 1 rings (SSSR count). The van der Waals surface area contributed by atoms with Crippen LogP contribution in [0.2, 0.25) is 0 Å². The fraction of sp³-hybridized carbons (Fsp3) is 0.457. The van der Waals surface area contributed by atoms with E-state index in [1.807, 2.05) is 32.1 Å². The summed E-state index contributed by atoms with van der Waals surface area (Å²) in [6.45, 7) is 23.0. The molecule has 0 saturated heterocycles. The fourth-order valence-electron chi connectivity index (χ4n) is 4.30.